The lowest BCUT2D eigenvalue weighted by Crippen LogP contribution is -2.48. The second-order valence-electron chi connectivity index (χ2n) is 6.22. The standard InChI is InChI=1S/C21H26N2O2/c1-16-9-7-8-12-19(16)15-20(24)23(17(2)21(25)22-3)14-13-18-10-5-4-6-11-18/h4-12,17H,13-15H2,1-3H3,(H,22,25)/t17-/m0/s1. The fraction of sp³-hybridized carbons (Fsp3) is 0.333. The monoisotopic (exact) mass is 338 g/mol. The zero-order chi connectivity index (χ0) is 18.2. The molecule has 0 aliphatic rings. The molecule has 0 bridgehead atoms. The number of likely N-dealkylation sites (N-methyl/N-ethyl adjacent to an activating group) is 1. The number of nitrogens with zero attached hydrogens (tertiary/aromatic N) is 1. The quantitative estimate of drug-likeness (QED) is 0.844. The van der Waals surface area contributed by atoms with Gasteiger partial charge in [0.05, 0.1) is 6.42 Å². The predicted octanol–water partition coefficient (Wildman–Crippen LogP) is 2.74. The normalized spacial score (nSPS) is 11.6. The Morgan fingerprint density at radius 2 is 1.68 bits per heavy atom. The third-order valence-electron chi connectivity index (χ3n) is 4.50. The Kier molecular flexibility index (Phi) is 6.75. The summed E-state index contributed by atoms with van der Waals surface area (Å²) in [6.07, 6.45) is 1.03. The Hall–Kier alpha value is -2.62. The molecule has 25 heavy (non-hydrogen) atoms. The van der Waals surface area contributed by atoms with E-state index in [0.29, 0.717) is 13.0 Å². The van der Waals surface area contributed by atoms with Gasteiger partial charge in [0.25, 0.3) is 0 Å². The van der Waals surface area contributed by atoms with Crippen molar-refractivity contribution in [3.05, 3.63) is 71.3 Å². The van der Waals surface area contributed by atoms with Crippen LogP contribution in [0.15, 0.2) is 54.6 Å². The highest BCUT2D eigenvalue weighted by Crippen LogP contribution is 2.12. The number of carbonyl (C=O) groups is 2. The maximum Gasteiger partial charge on any atom is 0.242 e. The molecule has 0 aliphatic carbocycles. The van der Waals surface area contributed by atoms with Crippen molar-refractivity contribution in [2.75, 3.05) is 13.6 Å². The van der Waals surface area contributed by atoms with Crippen molar-refractivity contribution in [3.63, 3.8) is 0 Å². The van der Waals surface area contributed by atoms with Crippen LogP contribution in [0.5, 0.6) is 0 Å². The van der Waals surface area contributed by atoms with Crippen LogP contribution in [0.1, 0.15) is 23.6 Å². The van der Waals surface area contributed by atoms with Gasteiger partial charge in [-0.3, -0.25) is 9.59 Å². The summed E-state index contributed by atoms with van der Waals surface area (Å²) in [5.74, 6) is -0.174. The van der Waals surface area contributed by atoms with Crippen LogP contribution in [0.3, 0.4) is 0 Å². The molecule has 0 aromatic heterocycles. The minimum absolute atomic E-state index is 0.0265. The van der Waals surface area contributed by atoms with Gasteiger partial charge >= 0.3 is 0 Å². The number of hydrogen-bond acceptors (Lipinski definition) is 2. The molecular weight excluding hydrogens is 312 g/mol. The number of amides is 2. The first-order valence-electron chi connectivity index (χ1n) is 8.62. The van der Waals surface area contributed by atoms with Crippen molar-refractivity contribution in [1.82, 2.24) is 10.2 Å². The molecule has 2 aromatic carbocycles. The summed E-state index contributed by atoms with van der Waals surface area (Å²) in [6.45, 7) is 4.29. The highest BCUT2D eigenvalue weighted by molar-refractivity contribution is 5.88. The first-order chi connectivity index (χ1) is 12.0. The number of hydrogen-bond donors (Lipinski definition) is 1. The summed E-state index contributed by atoms with van der Waals surface area (Å²) in [5, 5.41) is 2.64. The lowest BCUT2D eigenvalue weighted by atomic mass is 10.0. The molecule has 0 fully saturated rings. The van der Waals surface area contributed by atoms with Gasteiger partial charge in [-0.1, -0.05) is 54.6 Å². The first-order valence-corrected chi connectivity index (χ1v) is 8.62. The van der Waals surface area contributed by atoms with Gasteiger partial charge in [-0.25, -0.2) is 0 Å². The molecule has 0 radical (unpaired) electrons. The van der Waals surface area contributed by atoms with Crippen LogP contribution in [0, 0.1) is 6.92 Å². The summed E-state index contributed by atoms with van der Waals surface area (Å²) in [7, 11) is 1.60. The van der Waals surface area contributed by atoms with E-state index in [1.54, 1.807) is 18.9 Å². The minimum Gasteiger partial charge on any atom is -0.357 e. The molecule has 4 nitrogen and oxygen atoms in total. The van der Waals surface area contributed by atoms with Gasteiger partial charge in [0.15, 0.2) is 0 Å². The summed E-state index contributed by atoms with van der Waals surface area (Å²) in [6, 6.07) is 17.4. The third-order valence-corrected chi connectivity index (χ3v) is 4.50. The van der Waals surface area contributed by atoms with E-state index in [1.165, 1.54) is 0 Å². The molecule has 0 saturated carbocycles. The van der Waals surface area contributed by atoms with E-state index in [-0.39, 0.29) is 11.8 Å². The average Bonchev–Trinajstić information content (AvgIpc) is 2.63. The van der Waals surface area contributed by atoms with E-state index in [4.69, 9.17) is 0 Å². The zero-order valence-electron chi connectivity index (χ0n) is 15.2. The maximum absolute atomic E-state index is 12.9. The van der Waals surface area contributed by atoms with E-state index in [2.05, 4.69) is 5.32 Å². The topological polar surface area (TPSA) is 49.4 Å². The Labute approximate surface area is 149 Å². The van der Waals surface area contributed by atoms with Gasteiger partial charge in [0.1, 0.15) is 6.04 Å². The largest absolute Gasteiger partial charge is 0.357 e. The lowest BCUT2D eigenvalue weighted by Gasteiger charge is -2.28. The number of aryl methyl sites for hydroxylation is 1. The van der Waals surface area contributed by atoms with Crippen molar-refractivity contribution in [3.8, 4) is 0 Å². The molecule has 0 spiro atoms. The van der Waals surface area contributed by atoms with Gasteiger partial charge < -0.3 is 10.2 Å². The third kappa shape index (κ3) is 5.18. The SMILES string of the molecule is CNC(=O)[C@H](C)N(CCc1ccccc1)C(=O)Cc1ccccc1C. The lowest BCUT2D eigenvalue weighted by molar-refractivity contribution is -0.139. The molecule has 132 valence electrons. The minimum atomic E-state index is -0.495. The van der Waals surface area contributed by atoms with E-state index >= 15 is 0 Å². The van der Waals surface area contributed by atoms with Crippen LogP contribution in [0.25, 0.3) is 0 Å². The van der Waals surface area contributed by atoms with Gasteiger partial charge in [0, 0.05) is 13.6 Å². The molecule has 0 unspecified atom stereocenters. The molecule has 4 heteroatoms. The molecule has 0 saturated heterocycles. The predicted molar refractivity (Wildman–Crippen MR) is 100 cm³/mol. The van der Waals surface area contributed by atoms with E-state index < -0.39 is 6.04 Å². The van der Waals surface area contributed by atoms with Crippen molar-refractivity contribution in [2.45, 2.75) is 32.7 Å². The second kappa shape index (κ2) is 9.02. The van der Waals surface area contributed by atoms with Gasteiger partial charge in [0.2, 0.25) is 11.8 Å². The molecule has 0 heterocycles. The number of rotatable bonds is 7. The number of carbonyl (C=O) groups excluding carboxylic acids is 2. The molecule has 1 atom stereocenters. The van der Waals surface area contributed by atoms with Crippen LogP contribution in [0.4, 0.5) is 0 Å². The van der Waals surface area contributed by atoms with E-state index in [9.17, 15) is 9.59 Å². The maximum atomic E-state index is 12.9. The molecule has 1 N–H and O–H groups in total. The second-order valence-corrected chi connectivity index (χ2v) is 6.22. The van der Waals surface area contributed by atoms with Crippen LogP contribution < -0.4 is 5.32 Å². The Balaban J connectivity index is 2.13. The summed E-state index contributed by atoms with van der Waals surface area (Å²) >= 11 is 0. The Morgan fingerprint density at radius 1 is 1.04 bits per heavy atom. The van der Waals surface area contributed by atoms with Crippen LogP contribution in [0.2, 0.25) is 0 Å². The van der Waals surface area contributed by atoms with Crippen molar-refractivity contribution in [2.24, 2.45) is 0 Å². The number of nitrogens with one attached hydrogen (secondary N) is 1. The summed E-state index contributed by atoms with van der Waals surface area (Å²) in [5.41, 5.74) is 3.24. The van der Waals surface area contributed by atoms with Crippen molar-refractivity contribution < 1.29 is 9.59 Å². The fourth-order valence-corrected chi connectivity index (χ4v) is 2.85. The van der Waals surface area contributed by atoms with Crippen LogP contribution in [-0.4, -0.2) is 36.3 Å². The molecule has 2 amide bonds. The highest BCUT2D eigenvalue weighted by atomic mass is 16.2. The van der Waals surface area contributed by atoms with Gasteiger partial charge in [-0.05, 0) is 37.0 Å². The zero-order valence-corrected chi connectivity index (χ0v) is 15.2. The molecular formula is C21H26N2O2. The van der Waals surface area contributed by atoms with Crippen molar-refractivity contribution >= 4 is 11.8 Å². The smallest absolute Gasteiger partial charge is 0.242 e. The van der Waals surface area contributed by atoms with Crippen LogP contribution in [-0.2, 0) is 22.4 Å². The Bertz CT molecular complexity index is 713. The fourth-order valence-electron chi connectivity index (χ4n) is 2.85. The average molecular weight is 338 g/mol. The Morgan fingerprint density at radius 3 is 2.32 bits per heavy atom. The molecule has 2 aromatic rings. The van der Waals surface area contributed by atoms with Crippen LogP contribution >= 0.6 is 0 Å². The van der Waals surface area contributed by atoms with Crippen molar-refractivity contribution in [1.29, 1.82) is 0 Å². The van der Waals surface area contributed by atoms with E-state index in [0.717, 1.165) is 23.1 Å². The number of benzene rings is 2. The van der Waals surface area contributed by atoms with E-state index in [1.807, 2.05) is 61.5 Å². The first kappa shape index (κ1) is 18.7. The summed E-state index contributed by atoms with van der Waals surface area (Å²) in [4.78, 5) is 26.7. The highest BCUT2D eigenvalue weighted by Gasteiger charge is 2.25. The summed E-state index contributed by atoms with van der Waals surface area (Å²) < 4.78 is 0. The van der Waals surface area contributed by atoms with Gasteiger partial charge in [-0.15, -0.1) is 0 Å². The van der Waals surface area contributed by atoms with Gasteiger partial charge in [-0.2, -0.15) is 0 Å². The molecule has 2 rings (SSSR count). The molecule has 0 aliphatic heterocycles.